The Morgan fingerprint density at radius 2 is 0.493 bits per heavy atom. The molecule has 0 N–H and O–H groups in total. The van der Waals surface area contributed by atoms with Crippen LogP contribution >= 0.6 is 0 Å². The molecular formula is C132H67N7O5. The smallest absolute Gasteiger partial charge is 0.145 e. The molecule has 15 heterocycles. The van der Waals surface area contributed by atoms with E-state index in [1.165, 1.54) is 81.4 Å². The normalized spacial score (nSPS) is 13.0. The number of aromatic nitrogens is 7. The first-order valence-electron chi connectivity index (χ1n) is 49.4. The van der Waals surface area contributed by atoms with Crippen LogP contribution in [0.4, 0.5) is 0 Å². The maximum atomic E-state index is 8.10. The van der Waals surface area contributed by atoms with Crippen LogP contribution in [-0.2, 0) is 0 Å². The molecule has 0 spiro atoms. The third kappa shape index (κ3) is 8.67. The molecule has 0 atom stereocenters. The van der Waals surface area contributed by atoms with Crippen molar-refractivity contribution in [3.05, 3.63) is 406 Å². The number of fused-ring (bicyclic) bond motifs is 54. The molecule has 0 aliphatic heterocycles. The van der Waals surface area contributed by atoms with Crippen molar-refractivity contribution in [2.24, 2.45) is 0 Å². The molecule has 22 aromatic carbocycles. The van der Waals surface area contributed by atoms with Gasteiger partial charge < -0.3 is 53.6 Å². The average molecular weight is 1830 g/mol. The highest BCUT2D eigenvalue weighted by Crippen LogP contribution is 2.60. The minimum atomic E-state index is 0.742. The van der Waals surface area contributed by atoms with Gasteiger partial charge in [-0.2, -0.15) is 0 Å². The van der Waals surface area contributed by atoms with Gasteiger partial charge in [0.15, 0.2) is 0 Å². The zero-order valence-electron chi connectivity index (χ0n) is 76.4. The molecule has 0 saturated carbocycles. The topological polar surface area (TPSA) is 98.6 Å². The Morgan fingerprint density at radius 3 is 1.03 bits per heavy atom. The SMILES string of the molecule is c1ccc(-n2c3ccccc3c3c4c5c6oc7ccccc7c6cc(-c6cccc7c6oc6cc8c9c%10oc%11ccccc%11c%10cc(-c%10ccc(-n%11c%12ccccc%12c%12c%13c%14c%15c(ccc%14n%14c%16ccc%17c%18ccccc%18n(-c%18ccccc%18)c%17c%16c(cc%12%11)c%13%14)c%11ccccc%11n%15-c%11ccccc%11)cc%10)c9n9c%10ccc%11c%12ccccc%12oc%11c%10c(c67)c89)c5n5c6ccc7c8ccccc8oc7c6c(cc32)c45)cc1. The molecule has 12 nitrogen and oxygen atoms in total. The largest absolute Gasteiger partial charge is 0.455 e. The summed E-state index contributed by atoms with van der Waals surface area (Å²) >= 11 is 0. The van der Waals surface area contributed by atoms with Crippen LogP contribution in [0.25, 0.3) is 356 Å². The monoisotopic (exact) mass is 1830 g/mol. The third-order valence-corrected chi connectivity index (χ3v) is 33.0. The zero-order chi connectivity index (χ0) is 92.5. The Hall–Kier alpha value is -19.6. The molecule has 0 fully saturated rings. The minimum absolute atomic E-state index is 0.742. The Balaban J connectivity index is 0.627. The van der Waals surface area contributed by atoms with Gasteiger partial charge in [-0.15, -0.1) is 0 Å². The first-order valence-corrected chi connectivity index (χ1v) is 49.4. The standard InChI is InChI=1S/C132H67N7O5/c1-4-27-69(28-5-1)133-96-45-20-13-40-85(96)110-103(133)66-92-112-99(61-57-82-75-35-14-22-47-104(75)140-129(82)112)138-124-88(64-90-78-38-17-25-50-107(78)143-132(90)120(124)118(110)126(92)138)81-41-26-42-86-113-108(144-128(81)86)67-93-114-123(139-101-62-58-83-76-36-15-23-48-105(76)141-130(83)116(101)119(113)127(93)139)87(63-89-77-37-16-24-49-106(77)142-131(89)114)68-51-53-72(54-52-68)134-97-46-21-12-39-84(97)109-102(134)65-91-111-98(59-55-79-73-33-10-18-43-94(73)135(121(79)111)70-29-6-2-7-30-70)137-100-60-56-80-74-34-11-19-44-95(74)136(71-31-8-3-9-32-71)122(80)115(100)117(109)125(91)137/h1-67H. The van der Waals surface area contributed by atoms with Crippen LogP contribution < -0.4 is 0 Å². The number of rotatable bonds is 6. The van der Waals surface area contributed by atoms with E-state index in [-0.39, 0.29) is 0 Å². The van der Waals surface area contributed by atoms with Gasteiger partial charge in [0.05, 0.1) is 115 Å². The van der Waals surface area contributed by atoms with Gasteiger partial charge in [0, 0.05) is 179 Å². The van der Waals surface area contributed by atoms with Crippen LogP contribution in [0.3, 0.4) is 0 Å². The van der Waals surface area contributed by atoms with Crippen LogP contribution in [0, 0.1) is 0 Å². The van der Waals surface area contributed by atoms with Gasteiger partial charge in [-0.1, -0.05) is 243 Å². The number of nitrogens with zero attached hydrogens (tertiary/aromatic N) is 7. The summed E-state index contributed by atoms with van der Waals surface area (Å²) in [5, 5.41) is 33.0. The molecule has 144 heavy (non-hydrogen) atoms. The van der Waals surface area contributed by atoms with Crippen LogP contribution in [0.1, 0.15) is 0 Å². The van der Waals surface area contributed by atoms with Gasteiger partial charge in [-0.05, 0) is 169 Å². The predicted octanol–water partition coefficient (Wildman–Crippen LogP) is 36.4. The molecule has 0 amide bonds. The first kappa shape index (κ1) is 73.7. The zero-order valence-corrected chi connectivity index (χ0v) is 76.4. The lowest BCUT2D eigenvalue weighted by atomic mass is 9.94. The van der Waals surface area contributed by atoms with Crippen molar-refractivity contribution >= 4 is 311 Å². The van der Waals surface area contributed by atoms with E-state index in [4.69, 9.17) is 22.1 Å². The molecule has 0 unspecified atom stereocenters. The summed E-state index contributed by atoms with van der Waals surface area (Å²) in [6, 6.07) is 150. The highest BCUT2D eigenvalue weighted by molar-refractivity contribution is 6.47. The fraction of sp³-hybridized carbons (Fsp3) is 0. The summed E-state index contributed by atoms with van der Waals surface area (Å²) < 4.78 is 55.4. The molecule has 0 bridgehead atoms. The quantitative estimate of drug-likeness (QED) is 0.165. The Bertz CT molecular complexity index is 12500. The molecule has 37 aromatic rings. The van der Waals surface area contributed by atoms with E-state index >= 15 is 0 Å². The maximum absolute atomic E-state index is 8.10. The van der Waals surface area contributed by atoms with Gasteiger partial charge in [-0.25, -0.2) is 0 Å². The van der Waals surface area contributed by atoms with Crippen molar-refractivity contribution in [1.29, 1.82) is 0 Å². The number of furan rings is 5. The van der Waals surface area contributed by atoms with Crippen molar-refractivity contribution < 1.29 is 22.1 Å². The third-order valence-electron chi connectivity index (χ3n) is 33.0. The average Bonchev–Trinajstić information content (AvgIpc) is 1.49. The second-order valence-electron chi connectivity index (χ2n) is 39.7. The predicted molar refractivity (Wildman–Crippen MR) is 595 cm³/mol. The molecular weight excluding hydrogens is 1760 g/mol. The minimum Gasteiger partial charge on any atom is -0.455 e. The molecule has 0 aliphatic rings. The van der Waals surface area contributed by atoms with Gasteiger partial charge in [0.1, 0.15) is 55.8 Å². The van der Waals surface area contributed by atoms with E-state index in [0.717, 1.165) is 275 Å². The number of hydrogen-bond acceptors (Lipinski definition) is 5. The van der Waals surface area contributed by atoms with E-state index in [1.54, 1.807) is 0 Å². The van der Waals surface area contributed by atoms with Crippen LogP contribution in [0.2, 0.25) is 0 Å². The molecule has 37 rings (SSSR count). The highest BCUT2D eigenvalue weighted by Gasteiger charge is 2.37. The van der Waals surface area contributed by atoms with Gasteiger partial charge in [0.25, 0.3) is 0 Å². The summed E-state index contributed by atoms with van der Waals surface area (Å²) in [5.41, 5.74) is 35.4. The summed E-state index contributed by atoms with van der Waals surface area (Å²) in [6.45, 7) is 0. The first-order chi connectivity index (χ1) is 71.5. The second kappa shape index (κ2) is 25.7. The van der Waals surface area contributed by atoms with Crippen molar-refractivity contribution in [3.63, 3.8) is 0 Å². The Morgan fingerprint density at radius 1 is 0.132 bits per heavy atom. The van der Waals surface area contributed by atoms with E-state index < -0.39 is 0 Å². The van der Waals surface area contributed by atoms with E-state index in [1.807, 2.05) is 0 Å². The lowest BCUT2D eigenvalue weighted by Gasteiger charge is -2.12. The summed E-state index contributed by atoms with van der Waals surface area (Å²) in [7, 11) is 0. The molecule has 0 radical (unpaired) electrons. The van der Waals surface area contributed by atoms with Crippen LogP contribution in [0.5, 0.6) is 0 Å². The summed E-state index contributed by atoms with van der Waals surface area (Å²) in [5.74, 6) is 0. The van der Waals surface area contributed by atoms with E-state index in [0.29, 0.717) is 0 Å². The summed E-state index contributed by atoms with van der Waals surface area (Å²) in [6.07, 6.45) is 0. The fourth-order valence-corrected chi connectivity index (χ4v) is 27.6. The molecule has 0 aliphatic carbocycles. The van der Waals surface area contributed by atoms with Crippen molar-refractivity contribution in [1.82, 2.24) is 31.5 Å². The number of para-hydroxylation sites is 12. The van der Waals surface area contributed by atoms with E-state index in [2.05, 4.69) is 438 Å². The van der Waals surface area contributed by atoms with Crippen molar-refractivity contribution in [2.45, 2.75) is 0 Å². The number of hydrogen-bond donors (Lipinski definition) is 0. The van der Waals surface area contributed by atoms with Crippen molar-refractivity contribution in [3.8, 4) is 45.0 Å². The summed E-state index contributed by atoms with van der Waals surface area (Å²) in [4.78, 5) is 0. The molecule has 0 saturated heterocycles. The molecule has 12 heteroatoms. The molecule has 15 aromatic heterocycles. The van der Waals surface area contributed by atoms with Gasteiger partial charge in [-0.3, -0.25) is 0 Å². The Kier molecular flexibility index (Phi) is 13.1. The maximum Gasteiger partial charge on any atom is 0.145 e. The van der Waals surface area contributed by atoms with Crippen LogP contribution in [-0.4, -0.2) is 31.5 Å². The molecule has 660 valence electrons. The van der Waals surface area contributed by atoms with Gasteiger partial charge >= 0.3 is 0 Å². The van der Waals surface area contributed by atoms with Crippen LogP contribution in [0.15, 0.2) is 429 Å². The highest BCUT2D eigenvalue weighted by atomic mass is 16.3. The van der Waals surface area contributed by atoms with E-state index in [9.17, 15) is 0 Å². The lowest BCUT2D eigenvalue weighted by Crippen LogP contribution is -1.95. The Labute approximate surface area is 810 Å². The lowest BCUT2D eigenvalue weighted by molar-refractivity contribution is 0.670. The fourth-order valence-electron chi connectivity index (χ4n) is 27.6. The van der Waals surface area contributed by atoms with Gasteiger partial charge in [0.2, 0.25) is 0 Å². The number of benzene rings is 22. The second-order valence-corrected chi connectivity index (χ2v) is 39.7. The van der Waals surface area contributed by atoms with Crippen molar-refractivity contribution in [2.75, 3.05) is 0 Å².